The number of hydrogen-bond acceptors (Lipinski definition) is 9. The summed E-state index contributed by atoms with van der Waals surface area (Å²) in [5, 5.41) is 9.20. The van der Waals surface area contributed by atoms with Crippen molar-refractivity contribution >= 4 is 52.5 Å². The molecular weight excluding hydrogens is 954 g/mol. The number of alkyl halides is 3. The van der Waals surface area contributed by atoms with E-state index >= 15 is 9.18 Å². The summed E-state index contributed by atoms with van der Waals surface area (Å²) in [5.74, 6) is 4.10. The topological polar surface area (TPSA) is 153 Å². The molecule has 3 spiro atoms. The molecule has 13 nitrogen and oxygen atoms in total. The normalized spacial score (nSPS) is 26.6. The molecule has 7 heterocycles. The number of piperidine rings is 2. The average Bonchev–Trinajstić information content (AvgIpc) is 3.58. The number of fused-ring (bicyclic) bond motifs is 5. The van der Waals surface area contributed by atoms with E-state index in [9.17, 15) is 32.3 Å². The fourth-order valence-corrected chi connectivity index (χ4v) is 13.6. The van der Waals surface area contributed by atoms with E-state index in [1.807, 2.05) is 11.0 Å². The molecule has 5 amide bonds. The van der Waals surface area contributed by atoms with Crippen LogP contribution in [0.5, 0.6) is 5.75 Å². The minimum absolute atomic E-state index is 0.0236. The Morgan fingerprint density at radius 2 is 1.74 bits per heavy atom. The lowest BCUT2D eigenvalue weighted by Gasteiger charge is -2.48. The maximum Gasteiger partial charge on any atom is 0.433 e. The van der Waals surface area contributed by atoms with Gasteiger partial charge in [-0.2, -0.15) is 13.2 Å². The molecule has 72 heavy (non-hydrogen) atoms. The second-order valence-electron chi connectivity index (χ2n) is 20.8. The lowest BCUT2D eigenvalue weighted by Crippen LogP contribution is -2.58. The molecule has 8 aliphatic rings. The van der Waals surface area contributed by atoms with Crippen LogP contribution in [0.1, 0.15) is 119 Å². The predicted molar refractivity (Wildman–Crippen MR) is 256 cm³/mol. The second-order valence-corrected chi connectivity index (χ2v) is 21.2. The standard InChI is InChI=1S/C54H50ClF4N7O6/c55-37-9-5-8-34(45(37)56)44-46(63-52(16-2-1-3-17-52)53(44)29-61-38-25-42(54(57,58)59)60-27-36(38)53)50(71)65-22-23-72-41-24-31(11-13-39(41)65)48(69)64-20-18-51(19-21-64)26-32(51)12-10-30-6-4-7-33-35(30)28-66(49(33)70)40-14-15-43(67)62-47(40)68/h4-9,11,13,24-25,27,32,40,44,46,61,63H,1-3,14-23,26,28-29H2,(H,62,67,68)/t32-,40-,44-,46+,53+/m0/s1. The highest BCUT2D eigenvalue weighted by atomic mass is 35.5. The maximum absolute atomic E-state index is 16.6. The molecule has 2 saturated carbocycles. The molecule has 12 rings (SSSR count). The number of carbonyl (C=O) groups excluding carboxylic acids is 5. The van der Waals surface area contributed by atoms with Gasteiger partial charge >= 0.3 is 6.18 Å². The number of aromatic nitrogens is 1. The average molecular weight is 1000 g/mol. The van der Waals surface area contributed by atoms with Crippen molar-refractivity contribution in [2.75, 3.05) is 43.0 Å². The van der Waals surface area contributed by atoms with Crippen LogP contribution in [0.15, 0.2) is 66.9 Å². The SMILES string of the molecule is O=C1CC[C@H](N2Cc3c(C#C[C@H]4CC45CCN(C(=O)c4ccc6c(c4)OCCN6C(=O)[C@@H]4NC6(CCCCC6)[C@@]6(CNc7cc(C(F)(F)F)ncc76)[C@H]4c4cccc(Cl)c4F)CC5)cccc3C2=O)C(=O)N1. The Bertz CT molecular complexity index is 3070. The summed E-state index contributed by atoms with van der Waals surface area (Å²) in [4.78, 5) is 76.1. The number of rotatable bonds is 4. The zero-order valence-electron chi connectivity index (χ0n) is 39.1. The molecule has 3 saturated heterocycles. The first-order chi connectivity index (χ1) is 34.6. The first-order valence-corrected chi connectivity index (χ1v) is 25.2. The van der Waals surface area contributed by atoms with Crippen LogP contribution in [0.2, 0.25) is 5.02 Å². The highest BCUT2D eigenvalue weighted by Gasteiger charge is 2.69. The molecule has 6 aliphatic heterocycles. The fraction of sp³-hybridized carbons (Fsp3) is 0.444. The van der Waals surface area contributed by atoms with Crippen molar-refractivity contribution in [1.29, 1.82) is 0 Å². The van der Waals surface area contributed by atoms with Crippen molar-refractivity contribution in [3.8, 4) is 17.6 Å². The number of anilines is 2. The number of halogens is 5. The summed E-state index contributed by atoms with van der Waals surface area (Å²) in [7, 11) is 0. The zero-order valence-corrected chi connectivity index (χ0v) is 39.9. The summed E-state index contributed by atoms with van der Waals surface area (Å²) in [6.45, 7) is 1.73. The molecule has 5 atom stereocenters. The van der Waals surface area contributed by atoms with E-state index in [1.165, 1.54) is 17.2 Å². The Morgan fingerprint density at radius 3 is 2.51 bits per heavy atom. The lowest BCUT2D eigenvalue weighted by molar-refractivity contribution is -0.141. The van der Waals surface area contributed by atoms with Gasteiger partial charge in [-0.1, -0.05) is 60.9 Å². The molecule has 3 aromatic carbocycles. The first kappa shape index (κ1) is 46.6. The number of ether oxygens (including phenoxy) is 1. The number of hydrogen-bond donors (Lipinski definition) is 3. The quantitative estimate of drug-likeness (QED) is 0.107. The van der Waals surface area contributed by atoms with Crippen molar-refractivity contribution in [3.63, 3.8) is 0 Å². The van der Waals surface area contributed by atoms with E-state index in [4.69, 9.17) is 16.3 Å². The van der Waals surface area contributed by atoms with E-state index in [0.29, 0.717) is 54.1 Å². The van der Waals surface area contributed by atoms with E-state index in [2.05, 4.69) is 32.8 Å². The van der Waals surface area contributed by atoms with Crippen molar-refractivity contribution in [3.05, 3.63) is 117 Å². The van der Waals surface area contributed by atoms with Gasteiger partial charge in [0, 0.05) is 89.5 Å². The lowest BCUT2D eigenvalue weighted by atomic mass is 9.56. The molecule has 0 bridgehead atoms. The van der Waals surface area contributed by atoms with Crippen molar-refractivity contribution in [2.24, 2.45) is 11.3 Å². The third kappa shape index (κ3) is 7.28. The summed E-state index contributed by atoms with van der Waals surface area (Å²) in [6, 6.07) is 14.4. The number of likely N-dealkylation sites (tertiary alicyclic amines) is 1. The molecule has 372 valence electrons. The van der Waals surface area contributed by atoms with Crippen LogP contribution in [0.4, 0.5) is 28.9 Å². The highest BCUT2D eigenvalue weighted by molar-refractivity contribution is 6.30. The molecule has 4 aromatic rings. The monoisotopic (exact) mass is 1000 g/mol. The van der Waals surface area contributed by atoms with Gasteiger partial charge in [0.15, 0.2) is 0 Å². The van der Waals surface area contributed by atoms with Crippen LogP contribution in [0.3, 0.4) is 0 Å². The molecule has 3 N–H and O–H groups in total. The molecule has 5 fully saturated rings. The Hall–Kier alpha value is -6.51. The van der Waals surface area contributed by atoms with Gasteiger partial charge < -0.3 is 24.8 Å². The van der Waals surface area contributed by atoms with E-state index in [0.717, 1.165) is 55.7 Å². The van der Waals surface area contributed by atoms with Gasteiger partial charge in [-0.05, 0) is 97.5 Å². The molecule has 2 aliphatic carbocycles. The minimum Gasteiger partial charge on any atom is -0.490 e. The van der Waals surface area contributed by atoms with Crippen LogP contribution in [-0.2, 0) is 32.5 Å². The van der Waals surface area contributed by atoms with Crippen molar-refractivity contribution in [1.82, 2.24) is 25.4 Å². The van der Waals surface area contributed by atoms with Crippen LogP contribution < -0.4 is 25.6 Å². The van der Waals surface area contributed by atoms with Crippen LogP contribution in [0.25, 0.3) is 0 Å². The van der Waals surface area contributed by atoms with E-state index in [1.54, 1.807) is 47.4 Å². The summed E-state index contributed by atoms with van der Waals surface area (Å²) >= 11 is 6.46. The molecular formula is C54H50ClF4N7O6. The summed E-state index contributed by atoms with van der Waals surface area (Å²) in [5.41, 5.74) is 0.850. The van der Waals surface area contributed by atoms with Crippen LogP contribution in [0, 0.1) is 29.0 Å². The third-order valence-electron chi connectivity index (χ3n) is 17.2. The Balaban J connectivity index is 0.767. The van der Waals surface area contributed by atoms with Gasteiger partial charge in [-0.15, -0.1) is 0 Å². The van der Waals surface area contributed by atoms with Gasteiger partial charge in [0.1, 0.15) is 29.9 Å². The van der Waals surface area contributed by atoms with Gasteiger partial charge in [0.05, 0.1) is 23.3 Å². The third-order valence-corrected chi connectivity index (χ3v) is 17.5. The highest BCUT2D eigenvalue weighted by Crippen LogP contribution is 2.63. The van der Waals surface area contributed by atoms with E-state index in [-0.39, 0.29) is 90.3 Å². The van der Waals surface area contributed by atoms with E-state index < -0.39 is 52.6 Å². The molecule has 18 heteroatoms. The number of amides is 5. The van der Waals surface area contributed by atoms with Crippen LogP contribution >= 0.6 is 11.6 Å². The Morgan fingerprint density at radius 1 is 0.944 bits per heavy atom. The number of benzene rings is 3. The Kier molecular flexibility index (Phi) is 11.0. The number of pyridine rings is 1. The predicted octanol–water partition coefficient (Wildman–Crippen LogP) is 7.50. The molecule has 1 aromatic heterocycles. The van der Waals surface area contributed by atoms with Crippen molar-refractivity contribution in [2.45, 2.75) is 106 Å². The number of imide groups is 1. The van der Waals surface area contributed by atoms with Gasteiger partial charge in [-0.3, -0.25) is 39.6 Å². The maximum atomic E-state index is 16.6. The molecule has 0 radical (unpaired) electrons. The van der Waals surface area contributed by atoms with Crippen molar-refractivity contribution < 1.29 is 46.3 Å². The molecule has 0 unspecified atom stereocenters. The zero-order chi connectivity index (χ0) is 49.9. The summed E-state index contributed by atoms with van der Waals surface area (Å²) in [6.07, 6.45) is 3.18. The van der Waals surface area contributed by atoms with Gasteiger partial charge in [0.25, 0.3) is 11.8 Å². The van der Waals surface area contributed by atoms with Gasteiger partial charge in [-0.25, -0.2) is 4.39 Å². The number of carbonyl (C=O) groups is 5. The van der Waals surface area contributed by atoms with Gasteiger partial charge in [0.2, 0.25) is 17.7 Å². The number of nitrogens with one attached hydrogen (secondary N) is 3. The summed E-state index contributed by atoms with van der Waals surface area (Å²) < 4.78 is 64.7. The minimum atomic E-state index is -4.69. The Labute approximate surface area is 417 Å². The first-order valence-electron chi connectivity index (χ1n) is 24.8. The largest absolute Gasteiger partial charge is 0.490 e. The van der Waals surface area contributed by atoms with Crippen LogP contribution in [-0.4, -0.2) is 94.7 Å². The number of nitrogens with zero attached hydrogens (tertiary/aromatic N) is 4. The second kappa shape index (κ2) is 17.0. The smallest absolute Gasteiger partial charge is 0.433 e. The fourth-order valence-electron chi connectivity index (χ4n) is 13.5.